The molecule has 1 atom stereocenters. The van der Waals surface area contributed by atoms with Crippen LogP contribution in [0.2, 0.25) is 0 Å². The quantitative estimate of drug-likeness (QED) is 0.614. The SMILES string of the molecule is CCCOCC(C)C(=O)N(C)C(C)C. The predicted molar refractivity (Wildman–Crippen MR) is 58.2 cm³/mol. The fourth-order valence-electron chi connectivity index (χ4n) is 1.08. The van der Waals surface area contributed by atoms with Crippen LogP contribution in [0.4, 0.5) is 0 Å². The molecule has 84 valence electrons. The molecule has 0 aliphatic rings. The molecule has 0 N–H and O–H groups in total. The minimum Gasteiger partial charge on any atom is -0.381 e. The molecule has 0 radical (unpaired) electrons. The van der Waals surface area contributed by atoms with Gasteiger partial charge in [0.15, 0.2) is 0 Å². The zero-order chi connectivity index (χ0) is 11.1. The summed E-state index contributed by atoms with van der Waals surface area (Å²) in [5, 5.41) is 0. The molecule has 0 bridgehead atoms. The fraction of sp³-hybridized carbons (Fsp3) is 0.909. The molecule has 1 amide bonds. The molecule has 0 fully saturated rings. The van der Waals surface area contributed by atoms with Crippen LogP contribution in [0.15, 0.2) is 0 Å². The summed E-state index contributed by atoms with van der Waals surface area (Å²) in [6.45, 7) is 9.27. The van der Waals surface area contributed by atoms with Crippen molar-refractivity contribution in [2.45, 2.75) is 40.2 Å². The van der Waals surface area contributed by atoms with Crippen LogP contribution in [0.5, 0.6) is 0 Å². The number of hydrogen-bond acceptors (Lipinski definition) is 2. The van der Waals surface area contributed by atoms with Crippen LogP contribution in [0.1, 0.15) is 34.1 Å². The summed E-state index contributed by atoms with van der Waals surface area (Å²) in [4.78, 5) is 13.5. The Balaban J connectivity index is 3.86. The number of ether oxygens (including phenoxy) is 1. The second-order valence-corrected chi connectivity index (χ2v) is 4.02. The zero-order valence-corrected chi connectivity index (χ0v) is 10.0. The lowest BCUT2D eigenvalue weighted by Gasteiger charge is -2.24. The highest BCUT2D eigenvalue weighted by Gasteiger charge is 2.19. The first-order valence-electron chi connectivity index (χ1n) is 5.35. The molecule has 3 nitrogen and oxygen atoms in total. The summed E-state index contributed by atoms with van der Waals surface area (Å²) < 4.78 is 5.35. The van der Waals surface area contributed by atoms with E-state index in [1.54, 1.807) is 4.90 Å². The number of amides is 1. The zero-order valence-electron chi connectivity index (χ0n) is 10.0. The third-order valence-corrected chi connectivity index (χ3v) is 2.26. The maximum atomic E-state index is 11.7. The van der Waals surface area contributed by atoms with Gasteiger partial charge in [-0.1, -0.05) is 13.8 Å². The Hall–Kier alpha value is -0.570. The summed E-state index contributed by atoms with van der Waals surface area (Å²) in [6, 6.07) is 0.260. The maximum absolute atomic E-state index is 11.7. The lowest BCUT2D eigenvalue weighted by Crippen LogP contribution is -2.38. The molecule has 0 aliphatic heterocycles. The number of carbonyl (C=O) groups excluding carboxylic acids is 1. The lowest BCUT2D eigenvalue weighted by molar-refractivity contribution is -0.137. The van der Waals surface area contributed by atoms with E-state index in [4.69, 9.17) is 4.74 Å². The van der Waals surface area contributed by atoms with Gasteiger partial charge in [0.25, 0.3) is 0 Å². The number of carbonyl (C=O) groups is 1. The minimum atomic E-state index is -0.0334. The van der Waals surface area contributed by atoms with Gasteiger partial charge in [0.2, 0.25) is 5.91 Å². The van der Waals surface area contributed by atoms with Gasteiger partial charge in [0.05, 0.1) is 12.5 Å². The predicted octanol–water partition coefficient (Wildman–Crippen LogP) is 1.92. The first-order chi connectivity index (χ1) is 6.50. The first-order valence-corrected chi connectivity index (χ1v) is 5.35. The normalized spacial score (nSPS) is 13.0. The van der Waals surface area contributed by atoms with E-state index in [0.717, 1.165) is 13.0 Å². The van der Waals surface area contributed by atoms with E-state index >= 15 is 0 Å². The van der Waals surface area contributed by atoms with Crippen molar-refractivity contribution < 1.29 is 9.53 Å². The average molecular weight is 201 g/mol. The molecular formula is C11H23NO2. The Bertz CT molecular complexity index is 169. The lowest BCUT2D eigenvalue weighted by atomic mass is 10.1. The number of hydrogen-bond donors (Lipinski definition) is 0. The van der Waals surface area contributed by atoms with Gasteiger partial charge in [-0.25, -0.2) is 0 Å². The third kappa shape index (κ3) is 4.61. The molecule has 0 aromatic carbocycles. The van der Waals surface area contributed by atoms with Crippen molar-refractivity contribution in [2.24, 2.45) is 5.92 Å². The van der Waals surface area contributed by atoms with Crippen LogP contribution in [0.3, 0.4) is 0 Å². The van der Waals surface area contributed by atoms with Crippen molar-refractivity contribution in [3.8, 4) is 0 Å². The van der Waals surface area contributed by atoms with Gasteiger partial charge in [-0.2, -0.15) is 0 Å². The second kappa shape index (κ2) is 6.82. The second-order valence-electron chi connectivity index (χ2n) is 4.02. The highest BCUT2D eigenvalue weighted by molar-refractivity contribution is 5.78. The van der Waals surface area contributed by atoms with Crippen LogP contribution in [-0.4, -0.2) is 37.1 Å². The molecule has 0 aromatic rings. The minimum absolute atomic E-state index is 0.0334. The standard InChI is InChI=1S/C11H23NO2/c1-6-7-14-8-10(4)11(13)12(5)9(2)3/h9-10H,6-8H2,1-5H3. The first kappa shape index (κ1) is 13.4. The van der Waals surface area contributed by atoms with Gasteiger partial charge >= 0.3 is 0 Å². The monoisotopic (exact) mass is 201 g/mol. The van der Waals surface area contributed by atoms with E-state index in [2.05, 4.69) is 6.92 Å². The smallest absolute Gasteiger partial charge is 0.227 e. The summed E-state index contributed by atoms with van der Waals surface area (Å²) in [5.41, 5.74) is 0. The molecule has 3 heteroatoms. The van der Waals surface area contributed by atoms with Crippen LogP contribution >= 0.6 is 0 Å². The molecular weight excluding hydrogens is 178 g/mol. The Kier molecular flexibility index (Phi) is 6.54. The van der Waals surface area contributed by atoms with E-state index in [0.29, 0.717) is 6.61 Å². The van der Waals surface area contributed by atoms with Crippen LogP contribution in [-0.2, 0) is 9.53 Å². The van der Waals surface area contributed by atoms with Gasteiger partial charge in [0.1, 0.15) is 0 Å². The fourth-order valence-corrected chi connectivity index (χ4v) is 1.08. The van der Waals surface area contributed by atoms with Crippen molar-refractivity contribution >= 4 is 5.91 Å². The Morgan fingerprint density at radius 2 is 1.93 bits per heavy atom. The number of rotatable bonds is 6. The van der Waals surface area contributed by atoms with Crippen molar-refractivity contribution in [3.05, 3.63) is 0 Å². The molecule has 0 rings (SSSR count). The van der Waals surface area contributed by atoms with Crippen LogP contribution < -0.4 is 0 Å². The summed E-state index contributed by atoms with van der Waals surface area (Å²) in [6.07, 6.45) is 1.00. The maximum Gasteiger partial charge on any atom is 0.227 e. The molecule has 0 aliphatic carbocycles. The van der Waals surface area contributed by atoms with Crippen LogP contribution in [0.25, 0.3) is 0 Å². The molecule has 0 saturated heterocycles. The van der Waals surface area contributed by atoms with Crippen molar-refractivity contribution in [1.29, 1.82) is 0 Å². The Morgan fingerprint density at radius 3 is 2.36 bits per heavy atom. The van der Waals surface area contributed by atoms with E-state index in [9.17, 15) is 4.79 Å². The third-order valence-electron chi connectivity index (χ3n) is 2.26. The Labute approximate surface area is 87.4 Å². The largest absolute Gasteiger partial charge is 0.381 e. The summed E-state index contributed by atoms with van der Waals surface area (Å²) in [5.74, 6) is 0.130. The summed E-state index contributed by atoms with van der Waals surface area (Å²) >= 11 is 0. The molecule has 0 spiro atoms. The van der Waals surface area contributed by atoms with Gasteiger partial charge in [0, 0.05) is 19.7 Å². The van der Waals surface area contributed by atoms with E-state index < -0.39 is 0 Å². The highest BCUT2D eigenvalue weighted by Crippen LogP contribution is 2.05. The molecule has 1 unspecified atom stereocenters. The summed E-state index contributed by atoms with van der Waals surface area (Å²) in [7, 11) is 1.84. The Morgan fingerprint density at radius 1 is 1.36 bits per heavy atom. The van der Waals surface area contributed by atoms with Gasteiger partial charge < -0.3 is 9.64 Å². The highest BCUT2D eigenvalue weighted by atomic mass is 16.5. The average Bonchev–Trinajstić information content (AvgIpc) is 2.15. The van der Waals surface area contributed by atoms with Gasteiger partial charge in [-0.05, 0) is 20.3 Å². The van der Waals surface area contributed by atoms with Gasteiger partial charge in [-0.3, -0.25) is 4.79 Å². The number of nitrogens with zero attached hydrogens (tertiary/aromatic N) is 1. The van der Waals surface area contributed by atoms with E-state index in [-0.39, 0.29) is 17.9 Å². The van der Waals surface area contributed by atoms with Crippen molar-refractivity contribution in [3.63, 3.8) is 0 Å². The molecule has 0 saturated carbocycles. The van der Waals surface area contributed by atoms with Crippen molar-refractivity contribution in [2.75, 3.05) is 20.3 Å². The van der Waals surface area contributed by atoms with Crippen molar-refractivity contribution in [1.82, 2.24) is 4.90 Å². The molecule has 14 heavy (non-hydrogen) atoms. The topological polar surface area (TPSA) is 29.5 Å². The molecule has 0 aromatic heterocycles. The van der Waals surface area contributed by atoms with Crippen LogP contribution in [0, 0.1) is 5.92 Å². The molecule has 0 heterocycles. The van der Waals surface area contributed by atoms with E-state index in [1.807, 2.05) is 27.8 Å². The van der Waals surface area contributed by atoms with Gasteiger partial charge in [-0.15, -0.1) is 0 Å². The van der Waals surface area contributed by atoms with E-state index in [1.165, 1.54) is 0 Å².